The zero-order valence-electron chi connectivity index (χ0n) is 20.0. The van der Waals surface area contributed by atoms with Crippen LogP contribution in [0, 0.1) is 6.92 Å². The molecule has 2 aromatic heterocycles. The molecule has 1 aromatic carbocycles. The molecule has 2 heterocycles. The monoisotopic (exact) mass is 523 g/mol. The van der Waals surface area contributed by atoms with Crippen LogP contribution in [0.15, 0.2) is 60.9 Å². The number of anilines is 5. The van der Waals surface area contributed by atoms with Gasteiger partial charge in [-0.3, -0.25) is 0 Å². The third-order valence-corrected chi connectivity index (χ3v) is 5.51. The number of thiophene rings is 1. The predicted octanol–water partition coefficient (Wildman–Crippen LogP) is 6.60. The summed E-state index contributed by atoms with van der Waals surface area (Å²) in [5.41, 5.74) is 13.6. The fourth-order valence-corrected chi connectivity index (χ4v) is 3.32. The van der Waals surface area contributed by atoms with Crippen LogP contribution in [0.5, 0.6) is 0 Å². The highest BCUT2D eigenvalue weighted by atomic mass is 35.5. The number of aryl methyl sites for hydroxylation is 1. The first kappa shape index (κ1) is 29.7. The number of nitrogens with two attached hydrogens (primary N) is 2. The molecule has 3 aromatic rings. The van der Waals surface area contributed by atoms with E-state index in [0.717, 1.165) is 22.7 Å². The Labute approximate surface area is 214 Å². The molecular formula is C24H32ClF2N7S. The molecule has 0 aliphatic carbocycles. The molecule has 0 amide bonds. The van der Waals surface area contributed by atoms with Gasteiger partial charge in [-0.1, -0.05) is 31.7 Å². The molecule has 0 saturated carbocycles. The summed E-state index contributed by atoms with van der Waals surface area (Å²) in [5.74, 6) is 0.668. The van der Waals surface area contributed by atoms with Crippen molar-refractivity contribution in [1.82, 2.24) is 15.3 Å². The first-order chi connectivity index (χ1) is 16.6. The number of nitrogens with one attached hydrogen (secondary N) is 3. The van der Waals surface area contributed by atoms with Crippen LogP contribution in [0.4, 0.5) is 37.6 Å². The number of nitrogens with zero attached hydrogens (tertiary/aromatic N) is 2. The SMILES string of the molecule is C=C(CC)NC.C=CN.Cc1sccc1Nc1nc(Nc2ccc(N)cc2CC(F)F)ncc1Cl. The maximum Gasteiger partial charge on any atom is 0.242 e. The molecule has 0 bridgehead atoms. The summed E-state index contributed by atoms with van der Waals surface area (Å²) in [6.45, 7) is 10.9. The molecule has 0 aliphatic rings. The Morgan fingerprint density at radius 1 is 1.26 bits per heavy atom. The second kappa shape index (κ2) is 15.5. The van der Waals surface area contributed by atoms with Crippen LogP contribution < -0.4 is 27.4 Å². The molecular weight excluding hydrogens is 492 g/mol. The van der Waals surface area contributed by atoms with E-state index in [1.165, 1.54) is 18.5 Å². The Morgan fingerprint density at radius 3 is 2.46 bits per heavy atom. The quantitative estimate of drug-likeness (QED) is 0.211. The summed E-state index contributed by atoms with van der Waals surface area (Å²) in [6, 6.07) is 6.69. The Morgan fingerprint density at radius 2 is 1.94 bits per heavy atom. The van der Waals surface area contributed by atoms with Crippen molar-refractivity contribution in [2.75, 3.05) is 23.4 Å². The molecule has 7 nitrogen and oxygen atoms in total. The molecule has 0 unspecified atom stereocenters. The number of halogens is 3. The second-order valence-electron chi connectivity index (χ2n) is 6.99. The summed E-state index contributed by atoms with van der Waals surface area (Å²) in [7, 11) is 1.88. The first-order valence-electron chi connectivity index (χ1n) is 10.6. The largest absolute Gasteiger partial charge is 0.405 e. The van der Waals surface area contributed by atoms with Crippen LogP contribution in [0.3, 0.4) is 0 Å². The zero-order chi connectivity index (χ0) is 26.4. The van der Waals surface area contributed by atoms with Gasteiger partial charge in [0.1, 0.15) is 5.02 Å². The lowest BCUT2D eigenvalue weighted by atomic mass is 10.1. The molecule has 3 rings (SSSR count). The van der Waals surface area contributed by atoms with Crippen molar-refractivity contribution in [3.8, 4) is 0 Å². The van der Waals surface area contributed by atoms with Crippen LogP contribution in [-0.2, 0) is 6.42 Å². The van der Waals surface area contributed by atoms with Gasteiger partial charge in [-0.2, -0.15) is 4.98 Å². The van der Waals surface area contributed by atoms with E-state index in [4.69, 9.17) is 17.3 Å². The third kappa shape index (κ3) is 10.6. The lowest BCUT2D eigenvalue weighted by Gasteiger charge is -2.13. The highest BCUT2D eigenvalue weighted by Crippen LogP contribution is 2.30. The molecule has 190 valence electrons. The molecule has 0 atom stereocenters. The first-order valence-corrected chi connectivity index (χ1v) is 11.9. The summed E-state index contributed by atoms with van der Waals surface area (Å²) in [6.07, 6.45) is 0.823. The second-order valence-corrected chi connectivity index (χ2v) is 8.51. The molecule has 0 aliphatic heterocycles. The van der Waals surface area contributed by atoms with Gasteiger partial charge in [0.25, 0.3) is 0 Å². The Bertz CT molecular complexity index is 1080. The van der Waals surface area contributed by atoms with E-state index in [2.05, 4.69) is 51.7 Å². The predicted molar refractivity (Wildman–Crippen MR) is 146 cm³/mol. The maximum atomic E-state index is 12.8. The number of rotatable bonds is 8. The Balaban J connectivity index is 0.000000586. The average molecular weight is 524 g/mol. The number of benzene rings is 1. The van der Waals surface area contributed by atoms with E-state index in [1.54, 1.807) is 23.5 Å². The van der Waals surface area contributed by atoms with Crippen LogP contribution in [0.25, 0.3) is 0 Å². The van der Waals surface area contributed by atoms with Gasteiger partial charge in [0.2, 0.25) is 12.4 Å². The minimum Gasteiger partial charge on any atom is -0.405 e. The van der Waals surface area contributed by atoms with Gasteiger partial charge in [-0.05, 0) is 54.8 Å². The van der Waals surface area contributed by atoms with E-state index < -0.39 is 12.8 Å². The van der Waals surface area contributed by atoms with Crippen LogP contribution in [0.1, 0.15) is 23.8 Å². The zero-order valence-corrected chi connectivity index (χ0v) is 21.6. The highest BCUT2D eigenvalue weighted by molar-refractivity contribution is 7.10. The molecule has 7 N–H and O–H groups in total. The summed E-state index contributed by atoms with van der Waals surface area (Å²) in [5, 5.41) is 11.3. The molecule has 35 heavy (non-hydrogen) atoms. The minimum atomic E-state index is -2.48. The molecule has 0 radical (unpaired) electrons. The van der Waals surface area contributed by atoms with Crippen LogP contribution in [0.2, 0.25) is 5.02 Å². The van der Waals surface area contributed by atoms with E-state index in [9.17, 15) is 8.78 Å². The Hall–Kier alpha value is -3.37. The van der Waals surface area contributed by atoms with Crippen LogP contribution >= 0.6 is 22.9 Å². The topological polar surface area (TPSA) is 114 Å². The number of aromatic nitrogens is 2. The standard InChI is InChI=1S/C17H16ClF2N5S.C5H11N.C2H5N/c1-9-13(4-5-26-9)23-16-12(18)8-22-17(25-16)24-14-3-2-11(21)6-10(14)7-15(19)20;1-4-5(2)6-3;1-2-3/h2-6,8,15H,7,21H2,1H3,(H2,22,23,24,25);6H,2,4H2,1,3H3;2H,1,3H2. The van der Waals surface area contributed by atoms with Crippen molar-refractivity contribution in [2.24, 2.45) is 5.73 Å². The normalized spacial score (nSPS) is 9.80. The number of allylic oxidation sites excluding steroid dienone is 1. The van der Waals surface area contributed by atoms with Gasteiger partial charge in [0.15, 0.2) is 5.82 Å². The van der Waals surface area contributed by atoms with Gasteiger partial charge in [-0.25, -0.2) is 13.8 Å². The van der Waals surface area contributed by atoms with Gasteiger partial charge >= 0.3 is 0 Å². The number of alkyl halides is 2. The van der Waals surface area contributed by atoms with Crippen molar-refractivity contribution >= 4 is 51.8 Å². The molecule has 11 heteroatoms. The van der Waals surface area contributed by atoms with Crippen molar-refractivity contribution in [3.05, 3.63) is 76.4 Å². The van der Waals surface area contributed by atoms with Gasteiger partial charge in [0.05, 0.1) is 11.9 Å². The van der Waals surface area contributed by atoms with E-state index >= 15 is 0 Å². The third-order valence-electron chi connectivity index (χ3n) is 4.39. The number of nitrogen functional groups attached to an aromatic ring is 1. The van der Waals surface area contributed by atoms with Crippen molar-refractivity contribution in [3.63, 3.8) is 0 Å². The van der Waals surface area contributed by atoms with Crippen molar-refractivity contribution in [1.29, 1.82) is 0 Å². The lowest BCUT2D eigenvalue weighted by molar-refractivity contribution is 0.149. The van der Waals surface area contributed by atoms with Crippen LogP contribution in [-0.4, -0.2) is 23.4 Å². The molecule has 0 saturated heterocycles. The average Bonchev–Trinajstić information content (AvgIpc) is 3.22. The highest BCUT2D eigenvalue weighted by Gasteiger charge is 2.13. The van der Waals surface area contributed by atoms with Gasteiger partial charge < -0.3 is 27.4 Å². The number of hydrogen-bond donors (Lipinski definition) is 5. The van der Waals surface area contributed by atoms with Crippen molar-refractivity contribution < 1.29 is 8.78 Å². The fraction of sp³-hybridized carbons (Fsp3) is 0.250. The smallest absolute Gasteiger partial charge is 0.242 e. The van der Waals surface area contributed by atoms with Gasteiger partial charge in [-0.15, -0.1) is 11.3 Å². The van der Waals surface area contributed by atoms with E-state index in [-0.39, 0.29) is 5.95 Å². The van der Waals surface area contributed by atoms with Crippen molar-refractivity contribution in [2.45, 2.75) is 33.1 Å². The summed E-state index contributed by atoms with van der Waals surface area (Å²) >= 11 is 7.76. The minimum absolute atomic E-state index is 0.241. The molecule has 0 fully saturated rings. The molecule has 0 spiro atoms. The Kier molecular flexibility index (Phi) is 13.1. The van der Waals surface area contributed by atoms with E-state index in [1.807, 2.05) is 25.4 Å². The fourth-order valence-electron chi connectivity index (χ4n) is 2.53. The summed E-state index contributed by atoms with van der Waals surface area (Å²) in [4.78, 5) is 9.55. The van der Waals surface area contributed by atoms with Gasteiger partial charge in [0, 0.05) is 35.4 Å². The summed E-state index contributed by atoms with van der Waals surface area (Å²) < 4.78 is 25.6. The van der Waals surface area contributed by atoms with E-state index in [0.29, 0.717) is 27.8 Å². The number of hydrogen-bond acceptors (Lipinski definition) is 8. The lowest BCUT2D eigenvalue weighted by Crippen LogP contribution is -2.06. The maximum absolute atomic E-state index is 12.8.